The molecule has 0 aromatic heterocycles. The monoisotopic (exact) mass is 481 g/mol. The molecule has 0 bridgehead atoms. The maximum Gasteiger partial charge on any atom is 0.363 e. The van der Waals surface area contributed by atoms with Gasteiger partial charge in [-0.15, -0.1) is 0 Å². The van der Waals surface area contributed by atoms with Crippen molar-refractivity contribution in [3.05, 3.63) is 99.2 Å². The third-order valence-corrected chi connectivity index (χ3v) is 5.28. The number of Topliss-reactive ketones (excluding diaryl/α,β-unsaturated/α-hetero) is 1. The number of rotatable bonds is 7. The van der Waals surface area contributed by atoms with Gasteiger partial charge < -0.3 is 14.2 Å². The molecule has 1 aliphatic heterocycles. The maximum absolute atomic E-state index is 12.3. The Bertz CT molecular complexity index is 1290. The first-order chi connectivity index (χ1) is 15.9. The smallest absolute Gasteiger partial charge is 0.363 e. The fraction of sp³-hybridized carbons (Fsp3) is 0.0800. The van der Waals surface area contributed by atoms with Crippen molar-refractivity contribution in [3.63, 3.8) is 0 Å². The van der Waals surface area contributed by atoms with Crippen LogP contribution in [-0.2, 0) is 9.53 Å². The predicted molar refractivity (Wildman–Crippen MR) is 126 cm³/mol. The highest BCUT2D eigenvalue weighted by Gasteiger charge is 2.26. The number of methoxy groups -OCH3 is 1. The molecule has 0 saturated carbocycles. The van der Waals surface area contributed by atoms with Crippen LogP contribution in [0.15, 0.2) is 77.4 Å². The van der Waals surface area contributed by atoms with Gasteiger partial charge in [-0.3, -0.25) is 4.79 Å². The number of halogens is 2. The fourth-order valence-electron chi connectivity index (χ4n) is 3.09. The summed E-state index contributed by atoms with van der Waals surface area (Å²) in [7, 11) is 1.49. The topological polar surface area (TPSA) is 74.2 Å². The van der Waals surface area contributed by atoms with Gasteiger partial charge in [0.25, 0.3) is 0 Å². The van der Waals surface area contributed by atoms with E-state index in [-0.39, 0.29) is 24.0 Å². The van der Waals surface area contributed by atoms with Crippen molar-refractivity contribution >= 4 is 46.9 Å². The van der Waals surface area contributed by atoms with Gasteiger partial charge in [-0.1, -0.05) is 59.6 Å². The summed E-state index contributed by atoms with van der Waals surface area (Å²) < 4.78 is 16.3. The molecule has 4 rings (SSSR count). The number of carbonyl (C=O) groups is 2. The Balaban J connectivity index is 1.53. The van der Waals surface area contributed by atoms with Gasteiger partial charge >= 0.3 is 5.97 Å². The highest BCUT2D eigenvalue weighted by Crippen LogP contribution is 2.31. The molecule has 0 fully saturated rings. The average molecular weight is 482 g/mol. The molecule has 3 aromatic rings. The second kappa shape index (κ2) is 9.90. The van der Waals surface area contributed by atoms with E-state index in [1.54, 1.807) is 66.7 Å². The number of aliphatic imine (C=N–C) groups is 1. The van der Waals surface area contributed by atoms with E-state index in [4.69, 9.17) is 37.4 Å². The van der Waals surface area contributed by atoms with E-state index in [0.29, 0.717) is 38.2 Å². The molecule has 0 saturated heterocycles. The Morgan fingerprint density at radius 2 is 1.82 bits per heavy atom. The van der Waals surface area contributed by atoms with Crippen LogP contribution in [0.5, 0.6) is 11.5 Å². The minimum atomic E-state index is -0.608. The van der Waals surface area contributed by atoms with E-state index in [1.165, 1.54) is 7.11 Å². The summed E-state index contributed by atoms with van der Waals surface area (Å²) in [4.78, 5) is 28.8. The molecule has 0 amide bonds. The number of ketones is 1. The lowest BCUT2D eigenvalue weighted by atomic mass is 10.1. The molecule has 1 heterocycles. The molecule has 3 aromatic carbocycles. The summed E-state index contributed by atoms with van der Waals surface area (Å²) in [6.07, 6.45) is 1.56. The summed E-state index contributed by atoms with van der Waals surface area (Å²) in [5, 5.41) is 0.785. The third-order valence-electron chi connectivity index (χ3n) is 4.73. The van der Waals surface area contributed by atoms with E-state index in [1.807, 2.05) is 6.07 Å². The van der Waals surface area contributed by atoms with Crippen molar-refractivity contribution in [2.45, 2.75) is 0 Å². The highest BCUT2D eigenvalue weighted by atomic mass is 35.5. The van der Waals surface area contributed by atoms with Gasteiger partial charge in [0.15, 0.2) is 29.6 Å². The summed E-state index contributed by atoms with van der Waals surface area (Å²) >= 11 is 12.1. The molecule has 8 heteroatoms. The van der Waals surface area contributed by atoms with E-state index in [0.717, 1.165) is 0 Å². The Morgan fingerprint density at radius 3 is 2.55 bits per heavy atom. The van der Waals surface area contributed by atoms with Crippen molar-refractivity contribution in [1.82, 2.24) is 0 Å². The van der Waals surface area contributed by atoms with Crippen LogP contribution >= 0.6 is 23.2 Å². The maximum atomic E-state index is 12.3. The van der Waals surface area contributed by atoms with Crippen LogP contribution in [0, 0.1) is 0 Å². The molecule has 0 N–H and O–H groups in total. The standard InChI is InChI=1S/C25H17Cl2NO5/c1-31-23-12-15(7-10-22(23)32-14-21(29)16-5-3-2-4-6-16)11-20-25(30)33-24(28-20)18-9-8-17(26)13-19(18)27/h2-13H,14H2,1H3/b20-11-. The molecule has 0 spiro atoms. The first kappa shape index (κ1) is 22.6. The largest absolute Gasteiger partial charge is 0.493 e. The number of benzene rings is 3. The van der Waals surface area contributed by atoms with Crippen LogP contribution in [0.25, 0.3) is 6.08 Å². The Hall–Kier alpha value is -3.61. The van der Waals surface area contributed by atoms with Crippen LogP contribution in [0.2, 0.25) is 10.0 Å². The lowest BCUT2D eigenvalue weighted by molar-refractivity contribution is -0.129. The summed E-state index contributed by atoms with van der Waals surface area (Å²) in [5.74, 6) is 0.139. The van der Waals surface area contributed by atoms with Gasteiger partial charge in [-0.05, 0) is 42.0 Å². The number of carbonyl (C=O) groups excluding carboxylic acids is 2. The summed E-state index contributed by atoms with van der Waals surface area (Å²) in [5.41, 5.74) is 1.76. The van der Waals surface area contributed by atoms with Crippen molar-refractivity contribution in [2.75, 3.05) is 13.7 Å². The first-order valence-electron chi connectivity index (χ1n) is 9.81. The highest BCUT2D eigenvalue weighted by molar-refractivity contribution is 6.37. The zero-order valence-corrected chi connectivity index (χ0v) is 18.9. The summed E-state index contributed by atoms with van der Waals surface area (Å²) in [6.45, 7) is -0.136. The normalized spacial score (nSPS) is 14.1. The van der Waals surface area contributed by atoms with Crippen LogP contribution < -0.4 is 9.47 Å². The lowest BCUT2D eigenvalue weighted by Crippen LogP contribution is -2.11. The molecule has 0 atom stereocenters. The minimum absolute atomic E-state index is 0.0965. The van der Waals surface area contributed by atoms with Gasteiger partial charge in [0.1, 0.15) is 0 Å². The van der Waals surface area contributed by atoms with Gasteiger partial charge in [-0.25, -0.2) is 9.79 Å². The molecule has 33 heavy (non-hydrogen) atoms. The van der Waals surface area contributed by atoms with E-state index in [9.17, 15) is 9.59 Å². The quantitative estimate of drug-likeness (QED) is 0.249. The van der Waals surface area contributed by atoms with Gasteiger partial charge in [0, 0.05) is 10.6 Å². The lowest BCUT2D eigenvalue weighted by Gasteiger charge is -2.11. The first-order valence-corrected chi connectivity index (χ1v) is 10.6. The number of hydrogen-bond donors (Lipinski definition) is 0. The fourth-order valence-corrected chi connectivity index (χ4v) is 3.58. The SMILES string of the molecule is COc1cc(/C=C2\N=C(c3ccc(Cl)cc3Cl)OC2=O)ccc1OCC(=O)c1ccccc1. The molecule has 166 valence electrons. The van der Waals surface area contributed by atoms with Crippen molar-refractivity contribution in [3.8, 4) is 11.5 Å². The van der Waals surface area contributed by atoms with Gasteiger partial charge in [0.2, 0.25) is 5.90 Å². The Labute approximate surface area is 200 Å². The van der Waals surface area contributed by atoms with Gasteiger partial charge in [-0.2, -0.15) is 0 Å². The minimum Gasteiger partial charge on any atom is -0.493 e. The van der Waals surface area contributed by atoms with Crippen LogP contribution in [0.4, 0.5) is 0 Å². The van der Waals surface area contributed by atoms with Crippen LogP contribution in [-0.4, -0.2) is 31.4 Å². The molecule has 0 radical (unpaired) electrons. The van der Waals surface area contributed by atoms with Crippen LogP contribution in [0.1, 0.15) is 21.5 Å². The van der Waals surface area contributed by atoms with Gasteiger partial charge in [0.05, 0.1) is 17.7 Å². The van der Waals surface area contributed by atoms with E-state index < -0.39 is 5.97 Å². The molecule has 0 aliphatic carbocycles. The molecular weight excluding hydrogens is 465 g/mol. The zero-order chi connectivity index (χ0) is 23.4. The van der Waals surface area contributed by atoms with Crippen LogP contribution in [0.3, 0.4) is 0 Å². The predicted octanol–water partition coefficient (Wildman–Crippen LogP) is 5.61. The third kappa shape index (κ3) is 5.25. The average Bonchev–Trinajstić information content (AvgIpc) is 3.18. The molecule has 6 nitrogen and oxygen atoms in total. The number of cyclic esters (lactones) is 1. The molecular formula is C25H17Cl2NO5. The molecule has 1 aliphatic rings. The summed E-state index contributed by atoms with van der Waals surface area (Å²) in [6, 6.07) is 18.7. The van der Waals surface area contributed by atoms with E-state index >= 15 is 0 Å². The number of esters is 1. The second-order valence-electron chi connectivity index (χ2n) is 6.95. The molecule has 0 unspecified atom stereocenters. The zero-order valence-electron chi connectivity index (χ0n) is 17.4. The second-order valence-corrected chi connectivity index (χ2v) is 7.79. The number of nitrogens with zero attached hydrogens (tertiary/aromatic N) is 1. The number of hydrogen-bond acceptors (Lipinski definition) is 6. The van der Waals surface area contributed by atoms with Crippen molar-refractivity contribution < 1.29 is 23.8 Å². The van der Waals surface area contributed by atoms with Crippen molar-refractivity contribution in [2.24, 2.45) is 4.99 Å². The Kier molecular flexibility index (Phi) is 6.77. The number of ether oxygens (including phenoxy) is 3. The van der Waals surface area contributed by atoms with Crippen molar-refractivity contribution in [1.29, 1.82) is 0 Å². The Morgan fingerprint density at radius 1 is 1.03 bits per heavy atom. The van der Waals surface area contributed by atoms with E-state index in [2.05, 4.69) is 4.99 Å².